The molecule has 0 aliphatic rings. The van der Waals surface area contributed by atoms with E-state index >= 15 is 0 Å². The van der Waals surface area contributed by atoms with Crippen LogP contribution < -0.4 is 68.4 Å². The summed E-state index contributed by atoms with van der Waals surface area (Å²) in [5.41, 5.74) is 0. The largest absolute Gasteiger partial charge is 1.00 e. The maximum absolute atomic E-state index is 7.72. The van der Waals surface area contributed by atoms with Gasteiger partial charge in [-0.15, -0.1) is 0 Å². The van der Waals surface area contributed by atoms with Crippen LogP contribution in [0.5, 0.6) is 0 Å². The molecule has 11 heavy (non-hydrogen) atoms. The molecule has 11 heteroatoms. The van der Waals surface area contributed by atoms with Crippen LogP contribution in [0.3, 0.4) is 0 Å². The second-order valence-electron chi connectivity index (χ2n) is 0. The molecule has 0 aromatic rings. The summed E-state index contributed by atoms with van der Waals surface area (Å²) in [6.07, 6.45) is 0. The first-order valence-corrected chi connectivity index (χ1v) is 0.926. The standard InChI is InChI=1S/2ClO.2Na.5H2O/c2*1-2;;;;;;;/h;;;;5*1H2/q2*-1;2*+1;;;;;. The molecule has 0 unspecified atom stereocenters. The Labute approximate surface area is 118 Å². The van der Waals surface area contributed by atoms with Crippen molar-refractivity contribution in [3.05, 3.63) is 0 Å². The van der Waals surface area contributed by atoms with Crippen molar-refractivity contribution in [2.45, 2.75) is 0 Å². The molecule has 0 aliphatic heterocycles. The minimum Gasteiger partial charge on any atom is -0.769 e. The van der Waals surface area contributed by atoms with Gasteiger partial charge in [0.15, 0.2) is 0 Å². The maximum atomic E-state index is 7.72. The fourth-order valence-electron chi connectivity index (χ4n) is 0. The van der Waals surface area contributed by atoms with E-state index in [1.807, 2.05) is 0 Å². The quantitative estimate of drug-likeness (QED) is 0.377. The predicted octanol–water partition coefficient (Wildman–Crippen LogP) is -11.1. The van der Waals surface area contributed by atoms with Crippen LogP contribution in [0.25, 0.3) is 0 Å². The third-order valence-electron chi connectivity index (χ3n) is 0. The summed E-state index contributed by atoms with van der Waals surface area (Å²) in [6, 6.07) is 0. The minimum absolute atomic E-state index is 0. The van der Waals surface area contributed by atoms with Crippen LogP contribution in [0.2, 0.25) is 0 Å². The topological polar surface area (TPSA) is 204 Å². The van der Waals surface area contributed by atoms with E-state index in [1.165, 1.54) is 0 Å². The van der Waals surface area contributed by atoms with E-state index in [0.29, 0.717) is 0 Å². The van der Waals surface area contributed by atoms with E-state index in [4.69, 9.17) is 9.32 Å². The van der Waals surface area contributed by atoms with Crippen molar-refractivity contribution >= 4 is 23.7 Å². The van der Waals surface area contributed by atoms with Crippen LogP contribution in [0.1, 0.15) is 0 Å². The fraction of sp³-hybridized carbons (Fsp3) is 0. The predicted molar refractivity (Wildman–Crippen MR) is 29.8 cm³/mol. The molecule has 0 spiro atoms. The zero-order chi connectivity index (χ0) is 4.00. The Hall–Kier alpha value is 2.30. The zero-order valence-electron chi connectivity index (χ0n) is 6.07. The van der Waals surface area contributed by atoms with Gasteiger partial charge in [0, 0.05) is 0 Å². The Balaban J connectivity index is -0.000000000635. The Morgan fingerprint density at radius 1 is 0.455 bits per heavy atom. The van der Waals surface area contributed by atoms with Crippen LogP contribution in [0, 0.1) is 0 Å². The van der Waals surface area contributed by atoms with Crippen molar-refractivity contribution in [1.82, 2.24) is 0 Å². The molecular weight excluding hydrogens is 229 g/mol. The third kappa shape index (κ3) is 247. The number of hydrogen-bond donors (Lipinski definition) is 0. The molecule has 0 aromatic heterocycles. The van der Waals surface area contributed by atoms with Gasteiger partial charge < -0.3 is 36.7 Å². The van der Waals surface area contributed by atoms with E-state index in [-0.39, 0.29) is 86.5 Å². The summed E-state index contributed by atoms with van der Waals surface area (Å²) in [7, 11) is 0. The number of rotatable bonds is 0. The van der Waals surface area contributed by atoms with Gasteiger partial charge in [-0.2, -0.15) is 0 Å². The summed E-state index contributed by atoms with van der Waals surface area (Å²) >= 11 is 6.78. The molecule has 0 fully saturated rings. The summed E-state index contributed by atoms with van der Waals surface area (Å²) in [4.78, 5) is 0. The molecular formula is H10Cl2Na2O7. The van der Waals surface area contributed by atoms with Crippen molar-refractivity contribution in [1.29, 1.82) is 0 Å². The molecule has 0 amide bonds. The summed E-state index contributed by atoms with van der Waals surface area (Å²) in [5.74, 6) is 0. The van der Waals surface area contributed by atoms with E-state index in [9.17, 15) is 0 Å². The van der Waals surface area contributed by atoms with Gasteiger partial charge >= 0.3 is 59.1 Å². The molecule has 0 atom stereocenters. The molecule has 0 saturated carbocycles. The Kier molecular flexibility index (Phi) is 2940. The normalized spacial score (nSPS) is 1.09. The van der Waals surface area contributed by atoms with Gasteiger partial charge in [-0.3, -0.25) is 0 Å². The van der Waals surface area contributed by atoms with Gasteiger partial charge in [-0.05, 0) is 0 Å². The molecule has 0 saturated heterocycles. The van der Waals surface area contributed by atoms with Gasteiger partial charge in [-0.1, -0.05) is 0 Å². The molecule has 0 aromatic carbocycles. The van der Waals surface area contributed by atoms with Crippen LogP contribution in [-0.2, 0) is 0 Å². The first-order valence-electron chi connectivity index (χ1n) is 0.309. The Morgan fingerprint density at radius 3 is 0.455 bits per heavy atom. The average Bonchev–Trinajstić information content (AvgIpc) is 1.50. The second-order valence-corrected chi connectivity index (χ2v) is 0. The molecule has 0 rings (SSSR count). The first kappa shape index (κ1) is 109. The number of hydrogen-bond acceptors (Lipinski definition) is 2. The van der Waals surface area contributed by atoms with Crippen molar-refractivity contribution in [3.8, 4) is 0 Å². The minimum atomic E-state index is 0. The fourth-order valence-corrected chi connectivity index (χ4v) is 0. The van der Waals surface area contributed by atoms with Gasteiger partial charge in [0.2, 0.25) is 0 Å². The van der Waals surface area contributed by atoms with E-state index in [0.717, 1.165) is 0 Å². The van der Waals surface area contributed by atoms with Crippen LogP contribution in [0.15, 0.2) is 0 Å². The Bertz CT molecular complexity index is 14.4. The zero-order valence-corrected chi connectivity index (χ0v) is 11.6. The third-order valence-corrected chi connectivity index (χ3v) is 0. The summed E-state index contributed by atoms with van der Waals surface area (Å²) < 4.78 is 15.4. The monoisotopic (exact) mass is 238 g/mol. The van der Waals surface area contributed by atoms with E-state index in [2.05, 4.69) is 23.7 Å². The Morgan fingerprint density at radius 2 is 0.455 bits per heavy atom. The molecule has 0 bridgehead atoms. The van der Waals surface area contributed by atoms with Gasteiger partial charge in [0.25, 0.3) is 0 Å². The van der Waals surface area contributed by atoms with E-state index < -0.39 is 0 Å². The molecule has 68 valence electrons. The summed E-state index contributed by atoms with van der Waals surface area (Å²) in [5, 5.41) is 0. The van der Waals surface area contributed by atoms with Crippen molar-refractivity contribution in [2.75, 3.05) is 0 Å². The van der Waals surface area contributed by atoms with Crippen LogP contribution >= 0.6 is 23.7 Å². The number of halogens is 2. The summed E-state index contributed by atoms with van der Waals surface area (Å²) in [6.45, 7) is 0. The van der Waals surface area contributed by atoms with Crippen molar-refractivity contribution in [3.63, 3.8) is 0 Å². The van der Waals surface area contributed by atoms with Crippen LogP contribution in [0.4, 0.5) is 0 Å². The molecule has 0 aliphatic carbocycles. The molecule has 0 radical (unpaired) electrons. The van der Waals surface area contributed by atoms with E-state index in [1.54, 1.807) is 0 Å². The van der Waals surface area contributed by atoms with Gasteiger partial charge in [-0.25, -0.2) is 23.7 Å². The van der Waals surface area contributed by atoms with Crippen molar-refractivity contribution < 1.29 is 95.8 Å². The van der Waals surface area contributed by atoms with Crippen LogP contribution in [-0.4, -0.2) is 27.4 Å². The van der Waals surface area contributed by atoms with Gasteiger partial charge in [0.1, 0.15) is 0 Å². The molecule has 7 nitrogen and oxygen atoms in total. The second kappa shape index (κ2) is 297. The maximum Gasteiger partial charge on any atom is 1.00 e. The average molecular weight is 239 g/mol. The van der Waals surface area contributed by atoms with Gasteiger partial charge in [0.05, 0.1) is 0 Å². The molecule has 10 N–H and O–H groups in total. The first-order chi connectivity index (χ1) is 2.00. The molecule has 0 heterocycles. The SMILES string of the molecule is O.O.O.O.O.[Na+].[Na+].[O-]Cl.[O-]Cl. The van der Waals surface area contributed by atoms with Crippen molar-refractivity contribution in [2.24, 2.45) is 0 Å². The smallest absolute Gasteiger partial charge is 0.769 e.